The number of anilines is 1. The molecule has 0 saturated carbocycles. The average molecular weight is 290 g/mol. The second-order valence-electron chi connectivity index (χ2n) is 3.47. The molecule has 0 atom stereocenters. The predicted octanol–water partition coefficient (Wildman–Crippen LogP) is 2.26. The number of amides is 1. The van der Waals surface area contributed by atoms with Gasteiger partial charge in [-0.25, -0.2) is 0 Å². The van der Waals surface area contributed by atoms with Gasteiger partial charge in [-0.1, -0.05) is 11.6 Å². The summed E-state index contributed by atoms with van der Waals surface area (Å²) in [6.45, 7) is 1.52. The first-order valence-corrected chi connectivity index (χ1v) is 5.80. The zero-order valence-electron chi connectivity index (χ0n) is 7.89. The molecule has 80 valence electrons. The first-order valence-electron chi connectivity index (χ1n) is 4.63. The van der Waals surface area contributed by atoms with Crippen LogP contribution >= 0.6 is 27.5 Å². The topological polar surface area (TPSA) is 41.1 Å². The Morgan fingerprint density at radius 2 is 2.27 bits per heavy atom. The Labute approximate surface area is 101 Å². The molecule has 1 aromatic rings. The summed E-state index contributed by atoms with van der Waals surface area (Å²) in [5, 5.41) is 6.56. The van der Waals surface area contributed by atoms with Crippen LogP contribution < -0.4 is 10.6 Å². The number of rotatable bonds is 2. The number of benzene rings is 1. The lowest BCUT2D eigenvalue weighted by Crippen LogP contribution is -2.48. The minimum Gasteiger partial charge on any atom is -0.325 e. The summed E-state index contributed by atoms with van der Waals surface area (Å²) in [6, 6.07) is 5.30. The van der Waals surface area contributed by atoms with E-state index in [2.05, 4.69) is 26.6 Å². The molecule has 0 bridgehead atoms. The summed E-state index contributed by atoms with van der Waals surface area (Å²) in [5.74, 6) is 0.143. The van der Waals surface area contributed by atoms with E-state index in [1.165, 1.54) is 0 Å². The number of hydrogen-bond donors (Lipinski definition) is 2. The van der Waals surface area contributed by atoms with Gasteiger partial charge in [0.2, 0.25) is 5.91 Å². The minimum absolute atomic E-state index is 0.0526. The summed E-state index contributed by atoms with van der Waals surface area (Å²) in [6.07, 6.45) is 0. The molecule has 1 aromatic carbocycles. The van der Waals surface area contributed by atoms with Gasteiger partial charge in [-0.05, 0) is 34.1 Å². The van der Waals surface area contributed by atoms with Crippen molar-refractivity contribution in [2.45, 2.75) is 0 Å². The molecule has 5 heteroatoms. The van der Waals surface area contributed by atoms with Crippen molar-refractivity contribution in [3.63, 3.8) is 0 Å². The number of carbonyl (C=O) groups excluding carboxylic acids is 1. The maximum atomic E-state index is 11.6. The second kappa shape index (κ2) is 4.51. The Morgan fingerprint density at radius 1 is 1.53 bits per heavy atom. The summed E-state index contributed by atoms with van der Waals surface area (Å²) in [7, 11) is 0. The summed E-state index contributed by atoms with van der Waals surface area (Å²) < 4.78 is 0.802. The molecular formula is C10H10BrClN2O. The molecule has 15 heavy (non-hydrogen) atoms. The Kier molecular flexibility index (Phi) is 3.29. The predicted molar refractivity (Wildman–Crippen MR) is 64.1 cm³/mol. The van der Waals surface area contributed by atoms with Crippen LogP contribution in [0, 0.1) is 5.92 Å². The third-order valence-electron chi connectivity index (χ3n) is 2.34. The molecule has 1 fully saturated rings. The molecule has 0 unspecified atom stereocenters. The highest BCUT2D eigenvalue weighted by Crippen LogP contribution is 2.26. The van der Waals surface area contributed by atoms with Crippen molar-refractivity contribution in [1.29, 1.82) is 0 Å². The lowest BCUT2D eigenvalue weighted by molar-refractivity contribution is -0.121. The van der Waals surface area contributed by atoms with Crippen molar-refractivity contribution in [2.24, 2.45) is 5.92 Å². The fourth-order valence-corrected chi connectivity index (χ4v) is 2.08. The zero-order chi connectivity index (χ0) is 10.8. The van der Waals surface area contributed by atoms with Gasteiger partial charge in [0.15, 0.2) is 0 Å². The van der Waals surface area contributed by atoms with Crippen LogP contribution in [0.2, 0.25) is 5.02 Å². The minimum atomic E-state index is 0.0526. The van der Waals surface area contributed by atoms with E-state index in [0.29, 0.717) is 5.02 Å². The smallest absolute Gasteiger partial charge is 0.230 e. The van der Waals surface area contributed by atoms with Gasteiger partial charge in [-0.3, -0.25) is 4.79 Å². The number of carbonyl (C=O) groups is 1. The van der Waals surface area contributed by atoms with Crippen LogP contribution in [0.5, 0.6) is 0 Å². The Balaban J connectivity index is 2.06. The van der Waals surface area contributed by atoms with Crippen LogP contribution in [0.3, 0.4) is 0 Å². The quantitative estimate of drug-likeness (QED) is 0.877. The molecule has 0 radical (unpaired) electrons. The van der Waals surface area contributed by atoms with Gasteiger partial charge in [-0.2, -0.15) is 0 Å². The highest BCUT2D eigenvalue weighted by molar-refractivity contribution is 9.10. The molecule has 0 aliphatic carbocycles. The van der Waals surface area contributed by atoms with E-state index in [-0.39, 0.29) is 11.8 Å². The van der Waals surface area contributed by atoms with Crippen molar-refractivity contribution in [1.82, 2.24) is 5.32 Å². The van der Waals surface area contributed by atoms with E-state index in [0.717, 1.165) is 23.2 Å². The number of nitrogens with one attached hydrogen (secondary N) is 2. The number of hydrogen-bond acceptors (Lipinski definition) is 2. The Bertz CT molecular complexity index is 393. The molecule has 0 spiro atoms. The Hall–Kier alpha value is -0.580. The molecule has 3 nitrogen and oxygen atoms in total. The second-order valence-corrected chi connectivity index (χ2v) is 4.76. The first kappa shape index (κ1) is 10.9. The van der Waals surface area contributed by atoms with Crippen LogP contribution in [0.4, 0.5) is 5.69 Å². The third kappa shape index (κ3) is 2.51. The third-order valence-corrected chi connectivity index (χ3v) is 3.23. The van der Waals surface area contributed by atoms with E-state index in [1.54, 1.807) is 18.2 Å². The summed E-state index contributed by atoms with van der Waals surface area (Å²) in [4.78, 5) is 11.6. The van der Waals surface area contributed by atoms with Gasteiger partial charge in [0.1, 0.15) is 0 Å². The normalized spacial score (nSPS) is 15.9. The molecule has 2 rings (SSSR count). The lowest BCUT2D eigenvalue weighted by Gasteiger charge is -2.25. The highest BCUT2D eigenvalue weighted by atomic mass is 79.9. The SMILES string of the molecule is O=C(Nc1ccc(Cl)cc1Br)C1CNC1. The summed E-state index contributed by atoms with van der Waals surface area (Å²) in [5.41, 5.74) is 0.760. The van der Waals surface area contributed by atoms with Crippen LogP contribution in [-0.2, 0) is 4.79 Å². The fraction of sp³-hybridized carbons (Fsp3) is 0.300. The van der Waals surface area contributed by atoms with Crippen molar-refractivity contribution in [2.75, 3.05) is 18.4 Å². The lowest BCUT2D eigenvalue weighted by atomic mass is 10.0. The van der Waals surface area contributed by atoms with Crippen LogP contribution in [0.25, 0.3) is 0 Å². The van der Waals surface area contributed by atoms with Gasteiger partial charge in [-0.15, -0.1) is 0 Å². The van der Waals surface area contributed by atoms with E-state index in [4.69, 9.17) is 11.6 Å². The zero-order valence-corrected chi connectivity index (χ0v) is 10.2. The van der Waals surface area contributed by atoms with Crippen molar-refractivity contribution >= 4 is 39.1 Å². The van der Waals surface area contributed by atoms with E-state index in [9.17, 15) is 4.79 Å². The van der Waals surface area contributed by atoms with E-state index < -0.39 is 0 Å². The number of halogens is 2. The largest absolute Gasteiger partial charge is 0.325 e. The Morgan fingerprint density at radius 3 is 2.80 bits per heavy atom. The molecule has 0 aromatic heterocycles. The first-order chi connectivity index (χ1) is 7.16. The maximum absolute atomic E-state index is 11.6. The van der Waals surface area contributed by atoms with Crippen molar-refractivity contribution in [3.8, 4) is 0 Å². The van der Waals surface area contributed by atoms with E-state index >= 15 is 0 Å². The van der Waals surface area contributed by atoms with Gasteiger partial charge in [0.05, 0.1) is 11.6 Å². The van der Waals surface area contributed by atoms with Gasteiger partial charge in [0.25, 0.3) is 0 Å². The van der Waals surface area contributed by atoms with Crippen LogP contribution in [0.15, 0.2) is 22.7 Å². The molecule has 2 N–H and O–H groups in total. The van der Waals surface area contributed by atoms with Crippen LogP contribution in [-0.4, -0.2) is 19.0 Å². The van der Waals surface area contributed by atoms with Crippen LogP contribution in [0.1, 0.15) is 0 Å². The average Bonchev–Trinajstić information content (AvgIpc) is 2.07. The van der Waals surface area contributed by atoms with Gasteiger partial charge in [0, 0.05) is 22.6 Å². The summed E-state index contributed by atoms with van der Waals surface area (Å²) >= 11 is 9.15. The molecular weight excluding hydrogens is 279 g/mol. The monoisotopic (exact) mass is 288 g/mol. The molecule has 1 heterocycles. The maximum Gasteiger partial charge on any atom is 0.230 e. The van der Waals surface area contributed by atoms with E-state index in [1.807, 2.05) is 0 Å². The van der Waals surface area contributed by atoms with Gasteiger partial charge < -0.3 is 10.6 Å². The fourth-order valence-electron chi connectivity index (χ4n) is 1.30. The highest BCUT2D eigenvalue weighted by Gasteiger charge is 2.25. The van der Waals surface area contributed by atoms with Gasteiger partial charge >= 0.3 is 0 Å². The molecule has 1 aliphatic rings. The van der Waals surface area contributed by atoms with Crippen molar-refractivity contribution in [3.05, 3.63) is 27.7 Å². The standard InChI is InChI=1S/C10H10BrClN2O/c11-8-3-7(12)1-2-9(8)14-10(15)6-4-13-5-6/h1-3,6,13H,4-5H2,(H,14,15). The molecule has 1 amide bonds. The molecule has 1 aliphatic heterocycles. The molecule has 1 saturated heterocycles. The van der Waals surface area contributed by atoms with Crippen molar-refractivity contribution < 1.29 is 4.79 Å².